The average molecular weight is 423 g/mol. The number of fused-ring (bicyclic) bond motifs is 1. The number of halogens is 1. The first-order valence-electron chi connectivity index (χ1n) is 10.2. The Morgan fingerprint density at radius 3 is 2.74 bits per heavy atom. The van der Waals surface area contributed by atoms with E-state index in [2.05, 4.69) is 24.3 Å². The van der Waals surface area contributed by atoms with Crippen LogP contribution in [0, 0.1) is 11.2 Å². The van der Waals surface area contributed by atoms with Crippen molar-refractivity contribution in [1.29, 1.82) is 0 Å². The molecule has 0 fully saturated rings. The topological polar surface area (TPSA) is 65.4 Å². The van der Waals surface area contributed by atoms with E-state index in [1.807, 2.05) is 18.2 Å². The van der Waals surface area contributed by atoms with Crippen LogP contribution in [0.5, 0.6) is 11.5 Å². The van der Waals surface area contributed by atoms with E-state index in [-0.39, 0.29) is 29.8 Å². The van der Waals surface area contributed by atoms with Crippen molar-refractivity contribution < 1.29 is 18.7 Å². The molecule has 4 rings (SSSR count). The van der Waals surface area contributed by atoms with Gasteiger partial charge in [-0.1, -0.05) is 32.0 Å². The minimum atomic E-state index is -0.310. The molecule has 162 valence electrons. The van der Waals surface area contributed by atoms with Crippen LogP contribution in [-0.2, 0) is 11.2 Å². The molecule has 1 aliphatic rings. The van der Waals surface area contributed by atoms with Crippen LogP contribution in [-0.4, -0.2) is 29.4 Å². The molecule has 3 aromatic rings. The Morgan fingerprint density at radius 2 is 2.00 bits per heavy atom. The second-order valence-electron chi connectivity index (χ2n) is 8.54. The van der Waals surface area contributed by atoms with Crippen LogP contribution in [0.25, 0.3) is 5.69 Å². The number of hydrogen-bond donors (Lipinski definition) is 1. The molecule has 0 saturated carbocycles. The van der Waals surface area contributed by atoms with Gasteiger partial charge in [-0.3, -0.25) is 4.79 Å². The summed E-state index contributed by atoms with van der Waals surface area (Å²) in [5.74, 6) is 0.560. The first-order valence-corrected chi connectivity index (χ1v) is 10.2. The summed E-state index contributed by atoms with van der Waals surface area (Å²) >= 11 is 0. The van der Waals surface area contributed by atoms with E-state index in [1.54, 1.807) is 36.2 Å². The normalized spacial score (nSPS) is 17.0. The minimum absolute atomic E-state index is 0.0560. The number of para-hydroxylation sites is 2. The number of nitrogens with one attached hydrogen (secondary N) is 1. The molecule has 0 radical (unpaired) electrons. The third-order valence-corrected chi connectivity index (χ3v) is 5.50. The van der Waals surface area contributed by atoms with E-state index in [4.69, 9.17) is 9.47 Å². The summed E-state index contributed by atoms with van der Waals surface area (Å²) in [4.78, 5) is 12.7. The number of methoxy groups -OCH3 is 1. The zero-order valence-electron chi connectivity index (χ0n) is 17.9. The summed E-state index contributed by atoms with van der Waals surface area (Å²) in [7, 11) is 1.56. The molecule has 2 aromatic carbocycles. The van der Waals surface area contributed by atoms with Crippen LogP contribution in [0.1, 0.15) is 37.6 Å². The monoisotopic (exact) mass is 423 g/mol. The van der Waals surface area contributed by atoms with Crippen LogP contribution >= 0.6 is 0 Å². The number of carbonyl (C=O) groups is 1. The smallest absolute Gasteiger partial charge is 0.258 e. The summed E-state index contributed by atoms with van der Waals surface area (Å²) in [6.45, 7) is 4.19. The van der Waals surface area contributed by atoms with Crippen molar-refractivity contribution in [2.24, 2.45) is 5.41 Å². The molecule has 1 unspecified atom stereocenters. The third-order valence-electron chi connectivity index (χ3n) is 5.50. The quantitative estimate of drug-likeness (QED) is 0.645. The number of rotatable bonds is 6. The highest BCUT2D eigenvalue weighted by atomic mass is 19.1. The van der Waals surface area contributed by atoms with Crippen molar-refractivity contribution in [3.63, 3.8) is 0 Å². The SMILES string of the molecule is COc1ccccc1OCC(=O)NC1CC(C)(C)Cc2c1cnn2-c1cccc(F)c1. The van der Waals surface area contributed by atoms with Crippen molar-refractivity contribution >= 4 is 5.91 Å². The fraction of sp³-hybridized carbons (Fsp3) is 0.333. The van der Waals surface area contributed by atoms with Gasteiger partial charge < -0.3 is 14.8 Å². The van der Waals surface area contributed by atoms with Gasteiger partial charge in [-0.05, 0) is 48.6 Å². The molecular formula is C24H26FN3O3. The van der Waals surface area contributed by atoms with Crippen molar-refractivity contribution in [2.45, 2.75) is 32.7 Å². The highest BCUT2D eigenvalue weighted by Gasteiger charge is 2.36. The highest BCUT2D eigenvalue weighted by Crippen LogP contribution is 2.41. The standard InChI is InChI=1S/C24H26FN3O3/c1-24(2)12-19(27-23(29)15-31-22-10-5-4-9-21(22)30-3)18-14-26-28(20(18)13-24)17-8-6-7-16(25)11-17/h4-11,14,19H,12-13,15H2,1-3H3,(H,27,29). The van der Waals surface area contributed by atoms with Crippen molar-refractivity contribution in [1.82, 2.24) is 15.1 Å². The Labute approximate surface area is 181 Å². The summed E-state index contributed by atoms with van der Waals surface area (Å²) in [5.41, 5.74) is 2.55. The Morgan fingerprint density at radius 1 is 1.23 bits per heavy atom. The molecule has 1 aliphatic carbocycles. The number of carbonyl (C=O) groups excluding carboxylic acids is 1. The maximum Gasteiger partial charge on any atom is 0.258 e. The molecular weight excluding hydrogens is 397 g/mol. The molecule has 7 heteroatoms. The van der Waals surface area contributed by atoms with E-state index in [9.17, 15) is 9.18 Å². The van der Waals surface area contributed by atoms with Gasteiger partial charge in [0.25, 0.3) is 5.91 Å². The van der Waals surface area contributed by atoms with Gasteiger partial charge in [0.1, 0.15) is 5.82 Å². The van der Waals surface area contributed by atoms with Crippen LogP contribution in [0.4, 0.5) is 4.39 Å². The molecule has 31 heavy (non-hydrogen) atoms. The van der Waals surface area contributed by atoms with Crippen LogP contribution in [0.3, 0.4) is 0 Å². The second kappa shape index (κ2) is 8.41. The van der Waals surface area contributed by atoms with E-state index in [1.165, 1.54) is 12.1 Å². The molecule has 6 nitrogen and oxygen atoms in total. The lowest BCUT2D eigenvalue weighted by atomic mass is 9.74. The zero-order valence-corrected chi connectivity index (χ0v) is 17.9. The highest BCUT2D eigenvalue weighted by molar-refractivity contribution is 5.78. The molecule has 1 heterocycles. The zero-order chi connectivity index (χ0) is 22.0. The van der Waals surface area contributed by atoms with Gasteiger partial charge >= 0.3 is 0 Å². The fourth-order valence-corrected chi connectivity index (χ4v) is 4.12. The maximum atomic E-state index is 13.7. The molecule has 0 spiro atoms. The lowest BCUT2D eigenvalue weighted by Crippen LogP contribution is -2.38. The van der Waals surface area contributed by atoms with Crippen LogP contribution < -0.4 is 14.8 Å². The molecule has 0 saturated heterocycles. The number of nitrogens with zero attached hydrogens (tertiary/aromatic N) is 2. The molecule has 1 atom stereocenters. The first-order chi connectivity index (χ1) is 14.9. The van der Waals surface area contributed by atoms with Crippen molar-refractivity contribution in [2.75, 3.05) is 13.7 Å². The fourth-order valence-electron chi connectivity index (χ4n) is 4.12. The van der Waals surface area contributed by atoms with Gasteiger partial charge in [-0.15, -0.1) is 0 Å². The van der Waals surface area contributed by atoms with Gasteiger partial charge in [-0.25, -0.2) is 9.07 Å². The predicted octanol–water partition coefficient (Wildman–Crippen LogP) is 4.23. The van der Waals surface area contributed by atoms with E-state index >= 15 is 0 Å². The third kappa shape index (κ3) is 4.55. The summed E-state index contributed by atoms with van der Waals surface area (Å²) < 4.78 is 26.4. The second-order valence-corrected chi connectivity index (χ2v) is 8.54. The van der Waals surface area contributed by atoms with Gasteiger partial charge in [0.2, 0.25) is 0 Å². The Balaban J connectivity index is 1.53. The average Bonchev–Trinajstić information content (AvgIpc) is 3.15. The summed E-state index contributed by atoms with van der Waals surface area (Å²) in [6.07, 6.45) is 3.32. The molecule has 1 amide bonds. The van der Waals surface area contributed by atoms with Crippen molar-refractivity contribution in [3.05, 3.63) is 71.8 Å². The molecule has 0 bridgehead atoms. The summed E-state index contributed by atoms with van der Waals surface area (Å²) in [6, 6.07) is 13.4. The van der Waals surface area contributed by atoms with E-state index < -0.39 is 0 Å². The van der Waals surface area contributed by atoms with Gasteiger partial charge in [0, 0.05) is 5.56 Å². The first kappa shape index (κ1) is 20.9. The van der Waals surface area contributed by atoms with E-state index in [0.717, 1.165) is 24.1 Å². The molecule has 0 aliphatic heterocycles. The van der Waals surface area contributed by atoms with E-state index in [0.29, 0.717) is 17.2 Å². The van der Waals surface area contributed by atoms with Gasteiger partial charge in [0.05, 0.1) is 30.7 Å². The Hall–Kier alpha value is -3.35. The largest absolute Gasteiger partial charge is 0.493 e. The Bertz CT molecular complexity index is 1090. The van der Waals surface area contributed by atoms with Gasteiger partial charge in [0.15, 0.2) is 18.1 Å². The lowest BCUT2D eigenvalue weighted by molar-refractivity contribution is -0.124. The number of ether oxygens (including phenoxy) is 2. The van der Waals surface area contributed by atoms with Gasteiger partial charge in [-0.2, -0.15) is 5.10 Å². The van der Waals surface area contributed by atoms with Crippen LogP contribution in [0.15, 0.2) is 54.7 Å². The number of aromatic nitrogens is 2. The summed E-state index contributed by atoms with van der Waals surface area (Å²) in [5, 5.41) is 7.58. The van der Waals surface area contributed by atoms with Crippen molar-refractivity contribution in [3.8, 4) is 17.2 Å². The number of benzene rings is 2. The maximum absolute atomic E-state index is 13.7. The minimum Gasteiger partial charge on any atom is -0.493 e. The number of amides is 1. The predicted molar refractivity (Wildman–Crippen MR) is 115 cm³/mol. The molecule has 1 aromatic heterocycles. The Kier molecular flexibility index (Phi) is 5.67. The van der Waals surface area contributed by atoms with Crippen LogP contribution in [0.2, 0.25) is 0 Å². The molecule has 1 N–H and O–H groups in total. The lowest BCUT2D eigenvalue weighted by Gasteiger charge is -2.36. The number of hydrogen-bond acceptors (Lipinski definition) is 4.